The minimum Gasteiger partial charge on any atom is -0.490 e. The highest BCUT2D eigenvalue weighted by atomic mass is 16.5. The van der Waals surface area contributed by atoms with E-state index in [1.54, 1.807) is 13.0 Å². The van der Waals surface area contributed by atoms with Crippen molar-refractivity contribution in [3.8, 4) is 11.5 Å². The largest absolute Gasteiger partial charge is 0.490 e. The first kappa shape index (κ1) is 16.8. The van der Waals surface area contributed by atoms with Crippen LogP contribution >= 0.6 is 0 Å². The molecule has 6 heteroatoms. The van der Waals surface area contributed by atoms with Crippen molar-refractivity contribution in [2.24, 2.45) is 0 Å². The minimum absolute atomic E-state index is 0.0930. The van der Waals surface area contributed by atoms with Crippen LogP contribution in [0, 0.1) is 6.92 Å². The third kappa shape index (κ3) is 3.91. The van der Waals surface area contributed by atoms with E-state index in [0.29, 0.717) is 30.3 Å². The zero-order valence-corrected chi connectivity index (χ0v) is 13.9. The molecule has 1 amide bonds. The molecule has 2 N–H and O–H groups in total. The number of aromatic carboxylic acids is 1. The lowest BCUT2D eigenvalue weighted by molar-refractivity contribution is 0.0696. The first-order chi connectivity index (χ1) is 12.0. The normalized spacial score (nSPS) is 13.0. The maximum atomic E-state index is 12.4. The Hall–Kier alpha value is -3.02. The van der Waals surface area contributed by atoms with Crippen LogP contribution in [0.3, 0.4) is 0 Å². The number of carboxylic acid groups (broad SMARTS) is 1. The van der Waals surface area contributed by atoms with Gasteiger partial charge in [-0.3, -0.25) is 4.79 Å². The molecule has 0 unspecified atom stereocenters. The molecule has 6 nitrogen and oxygen atoms in total. The van der Waals surface area contributed by atoms with Gasteiger partial charge in [0.05, 0.1) is 18.8 Å². The second-order valence-electron chi connectivity index (χ2n) is 5.87. The molecule has 2 aromatic carbocycles. The smallest absolute Gasteiger partial charge is 0.335 e. The summed E-state index contributed by atoms with van der Waals surface area (Å²) in [5, 5.41) is 11.9. The van der Waals surface area contributed by atoms with Crippen molar-refractivity contribution in [3.63, 3.8) is 0 Å². The Morgan fingerprint density at radius 1 is 1.12 bits per heavy atom. The molecule has 3 rings (SSSR count). The average molecular weight is 341 g/mol. The van der Waals surface area contributed by atoms with Gasteiger partial charge in [0, 0.05) is 24.1 Å². The number of benzene rings is 2. The van der Waals surface area contributed by atoms with Crippen LogP contribution in [0.1, 0.15) is 38.3 Å². The molecule has 1 aliphatic rings. The van der Waals surface area contributed by atoms with Crippen LogP contribution in [0.15, 0.2) is 36.4 Å². The fourth-order valence-electron chi connectivity index (χ4n) is 2.71. The molecule has 0 aromatic heterocycles. The predicted molar refractivity (Wildman–Crippen MR) is 91.4 cm³/mol. The number of rotatable bonds is 4. The third-order valence-corrected chi connectivity index (χ3v) is 3.88. The summed E-state index contributed by atoms with van der Waals surface area (Å²) < 4.78 is 11.4. The van der Waals surface area contributed by atoms with Gasteiger partial charge >= 0.3 is 5.97 Å². The van der Waals surface area contributed by atoms with Crippen LogP contribution < -0.4 is 14.8 Å². The summed E-state index contributed by atoms with van der Waals surface area (Å²) in [4.78, 5) is 23.5. The number of amides is 1. The maximum Gasteiger partial charge on any atom is 0.335 e. The molecule has 25 heavy (non-hydrogen) atoms. The van der Waals surface area contributed by atoms with E-state index in [1.807, 2.05) is 18.2 Å². The number of carbonyl (C=O) groups is 2. The zero-order valence-electron chi connectivity index (χ0n) is 13.9. The summed E-state index contributed by atoms with van der Waals surface area (Å²) in [6, 6.07) is 10.1. The number of carbonyl (C=O) groups excluding carboxylic acids is 1. The van der Waals surface area contributed by atoms with E-state index in [-0.39, 0.29) is 18.0 Å². The summed E-state index contributed by atoms with van der Waals surface area (Å²) >= 11 is 0. The summed E-state index contributed by atoms with van der Waals surface area (Å²) in [5.74, 6) is -0.0706. The topological polar surface area (TPSA) is 84.9 Å². The second kappa shape index (κ2) is 7.25. The Balaban J connectivity index is 1.76. The number of para-hydroxylation sites is 1. The molecule has 0 radical (unpaired) electrons. The zero-order chi connectivity index (χ0) is 17.8. The van der Waals surface area contributed by atoms with Crippen molar-refractivity contribution in [2.45, 2.75) is 19.9 Å². The van der Waals surface area contributed by atoms with E-state index >= 15 is 0 Å². The van der Waals surface area contributed by atoms with Gasteiger partial charge in [-0.25, -0.2) is 4.79 Å². The molecule has 2 aromatic rings. The standard InChI is InChI=1S/C19H19NO5/c1-12-8-14(10-15(9-12)19(22)23)18(21)20-11-13-4-2-5-16-17(13)25-7-3-6-24-16/h2,4-5,8-10H,3,6-7,11H2,1H3,(H,20,21)(H,22,23). The van der Waals surface area contributed by atoms with Crippen LogP contribution in [0.5, 0.6) is 11.5 Å². The van der Waals surface area contributed by atoms with Crippen molar-refractivity contribution in [1.82, 2.24) is 5.32 Å². The highest BCUT2D eigenvalue weighted by Gasteiger charge is 2.16. The minimum atomic E-state index is -1.06. The van der Waals surface area contributed by atoms with Gasteiger partial charge in [-0.15, -0.1) is 0 Å². The Morgan fingerprint density at radius 2 is 1.88 bits per heavy atom. The maximum absolute atomic E-state index is 12.4. The van der Waals surface area contributed by atoms with Crippen LogP contribution in [0.25, 0.3) is 0 Å². The van der Waals surface area contributed by atoms with Gasteiger partial charge in [-0.05, 0) is 36.8 Å². The van der Waals surface area contributed by atoms with Gasteiger partial charge in [0.25, 0.3) is 5.91 Å². The van der Waals surface area contributed by atoms with Crippen LogP contribution in [-0.4, -0.2) is 30.2 Å². The third-order valence-electron chi connectivity index (χ3n) is 3.88. The quantitative estimate of drug-likeness (QED) is 0.893. The molecule has 0 saturated carbocycles. The van der Waals surface area contributed by atoms with Crippen LogP contribution in [0.2, 0.25) is 0 Å². The summed E-state index contributed by atoms with van der Waals surface area (Å²) in [6.07, 6.45) is 0.807. The first-order valence-electron chi connectivity index (χ1n) is 8.05. The van der Waals surface area contributed by atoms with Gasteiger partial charge in [0.1, 0.15) is 0 Å². The van der Waals surface area contributed by atoms with Gasteiger partial charge in [0.15, 0.2) is 11.5 Å². The molecule has 0 bridgehead atoms. The number of hydrogen-bond donors (Lipinski definition) is 2. The highest BCUT2D eigenvalue weighted by molar-refractivity contribution is 5.97. The number of hydrogen-bond acceptors (Lipinski definition) is 4. The van der Waals surface area contributed by atoms with Gasteiger partial charge in [0.2, 0.25) is 0 Å². The predicted octanol–water partition coefficient (Wildman–Crippen LogP) is 2.78. The van der Waals surface area contributed by atoms with Crippen LogP contribution in [0.4, 0.5) is 0 Å². The van der Waals surface area contributed by atoms with Gasteiger partial charge < -0.3 is 19.9 Å². The van der Waals surface area contributed by atoms with Gasteiger partial charge in [-0.2, -0.15) is 0 Å². The van der Waals surface area contributed by atoms with E-state index in [1.165, 1.54) is 12.1 Å². The molecular formula is C19H19NO5. The Labute approximate surface area is 145 Å². The fourth-order valence-corrected chi connectivity index (χ4v) is 2.71. The van der Waals surface area contributed by atoms with Crippen molar-refractivity contribution in [3.05, 3.63) is 58.7 Å². The number of carboxylic acids is 1. The second-order valence-corrected chi connectivity index (χ2v) is 5.87. The van der Waals surface area contributed by atoms with Gasteiger partial charge in [-0.1, -0.05) is 12.1 Å². The van der Waals surface area contributed by atoms with E-state index in [0.717, 1.165) is 17.5 Å². The number of fused-ring (bicyclic) bond motifs is 1. The van der Waals surface area contributed by atoms with Crippen molar-refractivity contribution < 1.29 is 24.2 Å². The lowest BCUT2D eigenvalue weighted by Gasteiger charge is -2.13. The molecule has 0 aliphatic carbocycles. The molecule has 0 saturated heterocycles. The number of aryl methyl sites for hydroxylation is 1. The van der Waals surface area contributed by atoms with Crippen molar-refractivity contribution in [1.29, 1.82) is 0 Å². The highest BCUT2D eigenvalue weighted by Crippen LogP contribution is 2.33. The molecule has 0 spiro atoms. The molecule has 1 aliphatic heterocycles. The molecule has 0 fully saturated rings. The molecular weight excluding hydrogens is 322 g/mol. The van der Waals surface area contributed by atoms with Crippen molar-refractivity contribution >= 4 is 11.9 Å². The Morgan fingerprint density at radius 3 is 2.68 bits per heavy atom. The lowest BCUT2D eigenvalue weighted by atomic mass is 10.1. The van der Waals surface area contributed by atoms with E-state index in [4.69, 9.17) is 14.6 Å². The SMILES string of the molecule is Cc1cc(C(=O)O)cc(C(=O)NCc2cccc3c2OCCCO3)c1. The number of ether oxygens (including phenoxy) is 2. The number of nitrogens with one attached hydrogen (secondary N) is 1. The average Bonchev–Trinajstić information content (AvgIpc) is 2.84. The monoisotopic (exact) mass is 341 g/mol. The molecule has 130 valence electrons. The summed E-state index contributed by atoms with van der Waals surface area (Å²) in [7, 11) is 0. The van der Waals surface area contributed by atoms with E-state index in [9.17, 15) is 9.59 Å². The first-order valence-corrected chi connectivity index (χ1v) is 8.05. The van der Waals surface area contributed by atoms with E-state index < -0.39 is 5.97 Å². The Kier molecular flexibility index (Phi) is 4.88. The fraction of sp³-hybridized carbons (Fsp3) is 0.263. The summed E-state index contributed by atoms with van der Waals surface area (Å²) in [5.41, 5.74) is 1.95. The Bertz CT molecular complexity index is 815. The molecule has 0 atom stereocenters. The summed E-state index contributed by atoms with van der Waals surface area (Å²) in [6.45, 7) is 3.19. The van der Waals surface area contributed by atoms with E-state index in [2.05, 4.69) is 5.32 Å². The molecule has 1 heterocycles. The van der Waals surface area contributed by atoms with Crippen molar-refractivity contribution in [2.75, 3.05) is 13.2 Å². The van der Waals surface area contributed by atoms with Crippen LogP contribution in [-0.2, 0) is 6.54 Å². The lowest BCUT2D eigenvalue weighted by Crippen LogP contribution is -2.23.